The molecule has 5 heteroatoms. The standard InChI is InChI=1S/C11H16N2O2S/c1-10-5-4-8-13(9-10)16(14,15)11-6-2-3-7-12-11/h2-3,6-7,10H,4-5,8-9H2,1H3. The van der Waals surface area contributed by atoms with Gasteiger partial charge in [-0.1, -0.05) is 13.0 Å². The molecule has 0 aliphatic carbocycles. The summed E-state index contributed by atoms with van der Waals surface area (Å²) in [5.74, 6) is 0.437. The highest BCUT2D eigenvalue weighted by molar-refractivity contribution is 7.89. The predicted molar refractivity (Wildman–Crippen MR) is 61.4 cm³/mol. The molecule has 0 radical (unpaired) electrons. The minimum Gasteiger partial charge on any atom is -0.243 e. The Balaban J connectivity index is 2.26. The Hall–Kier alpha value is -0.940. The van der Waals surface area contributed by atoms with Crippen molar-refractivity contribution in [3.05, 3.63) is 24.4 Å². The molecular weight excluding hydrogens is 224 g/mol. The van der Waals surface area contributed by atoms with E-state index in [4.69, 9.17) is 0 Å². The van der Waals surface area contributed by atoms with Crippen molar-refractivity contribution in [2.24, 2.45) is 5.92 Å². The molecule has 1 aliphatic heterocycles. The van der Waals surface area contributed by atoms with Crippen molar-refractivity contribution < 1.29 is 8.42 Å². The number of piperidine rings is 1. The van der Waals surface area contributed by atoms with Crippen molar-refractivity contribution in [2.75, 3.05) is 13.1 Å². The third-order valence-corrected chi connectivity index (χ3v) is 4.64. The molecule has 1 atom stereocenters. The van der Waals surface area contributed by atoms with E-state index < -0.39 is 10.0 Å². The summed E-state index contributed by atoms with van der Waals surface area (Å²) >= 11 is 0. The van der Waals surface area contributed by atoms with Crippen LogP contribution in [0.1, 0.15) is 19.8 Å². The van der Waals surface area contributed by atoms with Crippen LogP contribution in [0.3, 0.4) is 0 Å². The summed E-state index contributed by atoms with van der Waals surface area (Å²) in [4.78, 5) is 3.92. The van der Waals surface area contributed by atoms with Gasteiger partial charge >= 0.3 is 0 Å². The van der Waals surface area contributed by atoms with Gasteiger partial charge < -0.3 is 0 Å². The highest BCUT2D eigenvalue weighted by Gasteiger charge is 2.29. The first-order valence-electron chi connectivity index (χ1n) is 5.52. The van der Waals surface area contributed by atoms with Crippen LogP contribution in [0.25, 0.3) is 0 Å². The maximum absolute atomic E-state index is 12.2. The molecule has 0 spiro atoms. The lowest BCUT2D eigenvalue weighted by Gasteiger charge is -2.29. The maximum atomic E-state index is 12.2. The fourth-order valence-corrected chi connectivity index (χ4v) is 3.53. The van der Waals surface area contributed by atoms with Crippen LogP contribution in [0, 0.1) is 5.92 Å². The molecule has 88 valence electrons. The number of rotatable bonds is 2. The normalized spacial score (nSPS) is 23.2. The van der Waals surface area contributed by atoms with Gasteiger partial charge in [-0.3, -0.25) is 0 Å². The molecule has 0 aromatic carbocycles. The Labute approximate surface area is 96.4 Å². The molecule has 0 N–H and O–H groups in total. The lowest BCUT2D eigenvalue weighted by atomic mass is 10.0. The first-order chi connectivity index (χ1) is 7.60. The maximum Gasteiger partial charge on any atom is 0.260 e. The van der Waals surface area contributed by atoms with E-state index in [1.54, 1.807) is 22.5 Å². The van der Waals surface area contributed by atoms with Crippen molar-refractivity contribution in [3.8, 4) is 0 Å². The second kappa shape index (κ2) is 4.51. The summed E-state index contributed by atoms with van der Waals surface area (Å²) in [5, 5.41) is 0.157. The molecule has 2 rings (SSSR count). The topological polar surface area (TPSA) is 50.3 Å². The van der Waals surface area contributed by atoms with Gasteiger partial charge in [0.1, 0.15) is 0 Å². The minimum atomic E-state index is -3.37. The molecular formula is C11H16N2O2S. The van der Waals surface area contributed by atoms with Crippen LogP contribution in [0.15, 0.2) is 29.4 Å². The fourth-order valence-electron chi connectivity index (χ4n) is 2.00. The van der Waals surface area contributed by atoms with Crippen molar-refractivity contribution in [1.29, 1.82) is 0 Å². The first-order valence-corrected chi connectivity index (χ1v) is 6.96. The molecule has 4 nitrogen and oxygen atoms in total. The quantitative estimate of drug-likeness (QED) is 0.787. The summed E-state index contributed by atoms with van der Waals surface area (Å²) in [5.41, 5.74) is 0. The minimum absolute atomic E-state index is 0.157. The van der Waals surface area contributed by atoms with Gasteiger partial charge in [0.05, 0.1) is 0 Å². The predicted octanol–water partition coefficient (Wildman–Crippen LogP) is 1.50. The van der Waals surface area contributed by atoms with Crippen LogP contribution in [-0.2, 0) is 10.0 Å². The molecule has 16 heavy (non-hydrogen) atoms. The third kappa shape index (κ3) is 2.25. The lowest BCUT2D eigenvalue weighted by Crippen LogP contribution is -2.39. The fraction of sp³-hybridized carbons (Fsp3) is 0.545. The Morgan fingerprint density at radius 3 is 2.88 bits per heavy atom. The number of hydrogen-bond donors (Lipinski definition) is 0. The van der Waals surface area contributed by atoms with E-state index in [2.05, 4.69) is 11.9 Å². The molecule has 1 fully saturated rings. The van der Waals surface area contributed by atoms with Crippen molar-refractivity contribution in [2.45, 2.75) is 24.8 Å². The average Bonchev–Trinajstić information content (AvgIpc) is 2.30. The van der Waals surface area contributed by atoms with Gasteiger partial charge in [0, 0.05) is 19.3 Å². The first kappa shape index (κ1) is 11.5. The van der Waals surface area contributed by atoms with E-state index in [9.17, 15) is 8.42 Å². The molecule has 1 aliphatic rings. The zero-order valence-electron chi connectivity index (χ0n) is 9.33. The Morgan fingerprint density at radius 2 is 2.25 bits per heavy atom. The number of pyridine rings is 1. The van der Waals surface area contributed by atoms with Crippen molar-refractivity contribution >= 4 is 10.0 Å². The van der Waals surface area contributed by atoms with Crippen LogP contribution in [0.4, 0.5) is 0 Å². The van der Waals surface area contributed by atoms with Gasteiger partial charge in [0.25, 0.3) is 10.0 Å². The van der Waals surface area contributed by atoms with E-state index in [0.717, 1.165) is 12.8 Å². The van der Waals surface area contributed by atoms with Crippen molar-refractivity contribution in [3.63, 3.8) is 0 Å². The second-order valence-electron chi connectivity index (χ2n) is 4.28. The summed E-state index contributed by atoms with van der Waals surface area (Å²) < 4.78 is 25.9. The summed E-state index contributed by atoms with van der Waals surface area (Å²) in [7, 11) is -3.37. The van der Waals surface area contributed by atoms with Gasteiger partial charge in [-0.15, -0.1) is 0 Å². The van der Waals surface area contributed by atoms with Gasteiger partial charge in [0.2, 0.25) is 0 Å². The summed E-state index contributed by atoms with van der Waals surface area (Å²) in [6, 6.07) is 4.97. The van der Waals surface area contributed by atoms with Crippen molar-refractivity contribution in [1.82, 2.24) is 9.29 Å². The van der Waals surface area contributed by atoms with E-state index in [-0.39, 0.29) is 5.03 Å². The molecule has 1 aromatic heterocycles. The lowest BCUT2D eigenvalue weighted by molar-refractivity contribution is 0.280. The SMILES string of the molecule is CC1CCCN(S(=O)(=O)c2ccccn2)C1. The summed E-state index contributed by atoms with van der Waals surface area (Å²) in [6.45, 7) is 3.31. The van der Waals surface area contributed by atoms with Crippen LogP contribution in [0.5, 0.6) is 0 Å². The number of sulfonamides is 1. The van der Waals surface area contributed by atoms with E-state index >= 15 is 0 Å². The van der Waals surface area contributed by atoms with Gasteiger partial charge in [0.15, 0.2) is 5.03 Å². The van der Waals surface area contributed by atoms with Gasteiger partial charge in [-0.2, -0.15) is 4.31 Å². The van der Waals surface area contributed by atoms with E-state index in [1.807, 2.05) is 0 Å². The average molecular weight is 240 g/mol. The monoisotopic (exact) mass is 240 g/mol. The van der Waals surface area contributed by atoms with Crippen LogP contribution in [-0.4, -0.2) is 30.8 Å². The zero-order chi connectivity index (χ0) is 11.6. The molecule has 1 unspecified atom stereocenters. The van der Waals surface area contributed by atoms with Crippen LogP contribution >= 0.6 is 0 Å². The molecule has 1 aromatic rings. The zero-order valence-corrected chi connectivity index (χ0v) is 10.2. The van der Waals surface area contributed by atoms with Gasteiger partial charge in [-0.25, -0.2) is 13.4 Å². The number of aromatic nitrogens is 1. The van der Waals surface area contributed by atoms with Gasteiger partial charge in [-0.05, 0) is 30.9 Å². The smallest absolute Gasteiger partial charge is 0.243 e. The third-order valence-electron chi connectivity index (χ3n) is 2.86. The Morgan fingerprint density at radius 1 is 1.44 bits per heavy atom. The molecule has 0 amide bonds. The molecule has 0 saturated carbocycles. The van der Waals surface area contributed by atoms with Crippen LogP contribution < -0.4 is 0 Å². The van der Waals surface area contributed by atoms with Crippen LogP contribution in [0.2, 0.25) is 0 Å². The largest absolute Gasteiger partial charge is 0.260 e. The Kier molecular flexibility index (Phi) is 3.25. The van der Waals surface area contributed by atoms with E-state index in [1.165, 1.54) is 6.20 Å². The molecule has 1 saturated heterocycles. The summed E-state index contributed by atoms with van der Waals surface area (Å²) in [6.07, 6.45) is 3.56. The highest BCUT2D eigenvalue weighted by Crippen LogP contribution is 2.21. The number of hydrogen-bond acceptors (Lipinski definition) is 3. The van der Waals surface area contributed by atoms with E-state index in [0.29, 0.717) is 19.0 Å². The Bertz CT molecular complexity index is 444. The number of nitrogens with zero attached hydrogens (tertiary/aromatic N) is 2. The highest BCUT2D eigenvalue weighted by atomic mass is 32.2. The molecule has 0 bridgehead atoms. The molecule has 2 heterocycles. The second-order valence-corrected chi connectivity index (χ2v) is 6.16.